The maximum Gasteiger partial charge on any atom is 0.240 e. The van der Waals surface area contributed by atoms with Gasteiger partial charge in [0.15, 0.2) is 5.82 Å². The summed E-state index contributed by atoms with van der Waals surface area (Å²) in [4.78, 5) is 15.8. The largest absolute Gasteiger partial charge is 0.456 e. The van der Waals surface area contributed by atoms with Crippen LogP contribution in [0.2, 0.25) is 0 Å². The van der Waals surface area contributed by atoms with Crippen LogP contribution < -0.4 is 0 Å². The third kappa shape index (κ3) is 4.35. The molecule has 0 saturated carbocycles. The second kappa shape index (κ2) is 11.7. The monoisotopic (exact) mass is 742 g/mol. The van der Waals surface area contributed by atoms with Gasteiger partial charge in [-0.2, -0.15) is 15.0 Å². The number of furan rings is 1. The topological polar surface area (TPSA) is 66.6 Å². The van der Waals surface area contributed by atoms with E-state index in [0.717, 1.165) is 87.8 Å². The van der Waals surface area contributed by atoms with Crippen molar-refractivity contribution in [1.82, 2.24) is 28.7 Å². The first-order chi connectivity index (χ1) is 28.8. The summed E-state index contributed by atoms with van der Waals surface area (Å²) in [6, 6.07) is 63.7. The number of fused-ring (bicyclic) bond motifs is 12. The Kier molecular flexibility index (Phi) is 6.32. The van der Waals surface area contributed by atoms with Gasteiger partial charge >= 0.3 is 0 Å². The van der Waals surface area contributed by atoms with Gasteiger partial charge in [-0.3, -0.25) is 9.13 Å². The number of hydrogen-bond acceptors (Lipinski definition) is 4. The van der Waals surface area contributed by atoms with Crippen molar-refractivity contribution in [1.29, 1.82) is 0 Å². The van der Waals surface area contributed by atoms with Crippen LogP contribution in [-0.4, -0.2) is 28.7 Å². The van der Waals surface area contributed by atoms with Crippen molar-refractivity contribution in [3.05, 3.63) is 182 Å². The molecular formula is C51H30N6O. The van der Waals surface area contributed by atoms with Gasteiger partial charge in [-0.05, 0) is 60.7 Å². The lowest BCUT2D eigenvalue weighted by atomic mass is 10.1. The van der Waals surface area contributed by atoms with Crippen molar-refractivity contribution in [3.63, 3.8) is 0 Å². The quantitative estimate of drug-likeness (QED) is 0.180. The van der Waals surface area contributed by atoms with Crippen LogP contribution in [-0.2, 0) is 0 Å². The Labute approximate surface area is 330 Å². The number of rotatable bonds is 4. The molecule has 0 aliphatic heterocycles. The molecule has 7 heteroatoms. The fourth-order valence-corrected chi connectivity index (χ4v) is 9.20. The lowest BCUT2D eigenvalue weighted by Crippen LogP contribution is -2.10. The SMILES string of the molecule is c1ccc2c(c1)c1ccccc1n2-c1ccc2c(c1)oc1cc(-c3nc(-n4c5ccccc5c5ccccc54)nc(-n4c5ccccc5c5ccccc54)n3)ccc12. The Hall–Kier alpha value is -8.03. The molecular weight excluding hydrogens is 713 g/mol. The zero-order valence-corrected chi connectivity index (χ0v) is 30.9. The highest BCUT2D eigenvalue weighted by Crippen LogP contribution is 2.38. The Morgan fingerprint density at radius 1 is 0.310 bits per heavy atom. The molecule has 0 unspecified atom stereocenters. The first-order valence-corrected chi connectivity index (χ1v) is 19.5. The van der Waals surface area contributed by atoms with Gasteiger partial charge in [0.1, 0.15) is 11.2 Å². The summed E-state index contributed by atoms with van der Waals surface area (Å²) in [6.45, 7) is 0. The van der Waals surface area contributed by atoms with Crippen LogP contribution in [0.1, 0.15) is 0 Å². The summed E-state index contributed by atoms with van der Waals surface area (Å²) in [5, 5.41) is 9.11. The summed E-state index contributed by atoms with van der Waals surface area (Å²) >= 11 is 0. The highest BCUT2D eigenvalue weighted by Gasteiger charge is 2.21. The summed E-state index contributed by atoms with van der Waals surface area (Å²) in [5.74, 6) is 1.64. The summed E-state index contributed by atoms with van der Waals surface area (Å²) in [6.07, 6.45) is 0. The molecule has 0 spiro atoms. The standard InChI is InChI=1S/C51H30N6O/c1-7-19-41-33(13-1)34-14-2-8-20-42(34)55(41)32-26-28-40-39-27-25-31(29-47(39)58-48(40)30-32)49-52-50(56-43-21-9-3-15-35(43)36-16-4-10-22-44(36)56)54-51(53-49)57-45-23-11-5-17-37(45)38-18-6-12-24-46(38)57/h1-30H. The lowest BCUT2D eigenvalue weighted by Gasteiger charge is -2.12. The van der Waals surface area contributed by atoms with Gasteiger partial charge in [0, 0.05) is 60.4 Å². The first kappa shape index (κ1) is 31.2. The molecule has 0 saturated heterocycles. The molecule has 5 heterocycles. The van der Waals surface area contributed by atoms with Gasteiger partial charge in [0.05, 0.1) is 33.1 Å². The van der Waals surface area contributed by atoms with Crippen LogP contribution in [0.25, 0.3) is 116 Å². The summed E-state index contributed by atoms with van der Waals surface area (Å²) in [7, 11) is 0. The molecule has 13 rings (SSSR count). The van der Waals surface area contributed by atoms with Gasteiger partial charge in [-0.1, -0.05) is 115 Å². The van der Waals surface area contributed by atoms with Crippen molar-refractivity contribution < 1.29 is 4.42 Å². The van der Waals surface area contributed by atoms with Crippen LogP contribution in [0, 0.1) is 0 Å². The van der Waals surface area contributed by atoms with E-state index in [0.29, 0.717) is 17.7 Å². The number of hydrogen-bond donors (Lipinski definition) is 0. The minimum absolute atomic E-state index is 0.541. The average molecular weight is 743 g/mol. The van der Waals surface area contributed by atoms with E-state index in [1.54, 1.807) is 0 Å². The maximum absolute atomic E-state index is 6.72. The molecule has 0 aliphatic carbocycles. The van der Waals surface area contributed by atoms with Crippen molar-refractivity contribution in [2.75, 3.05) is 0 Å². The Bertz CT molecular complexity index is 3530. The molecule has 0 aliphatic rings. The van der Waals surface area contributed by atoms with E-state index in [4.69, 9.17) is 19.4 Å². The molecule has 0 N–H and O–H groups in total. The molecule has 5 aromatic heterocycles. The number of aromatic nitrogens is 6. The Morgan fingerprint density at radius 2 is 0.672 bits per heavy atom. The Morgan fingerprint density at radius 3 is 1.10 bits per heavy atom. The van der Waals surface area contributed by atoms with Crippen LogP contribution >= 0.6 is 0 Å². The van der Waals surface area contributed by atoms with E-state index >= 15 is 0 Å². The van der Waals surface area contributed by atoms with E-state index in [2.05, 4.69) is 196 Å². The van der Waals surface area contributed by atoms with Gasteiger partial charge in [0.2, 0.25) is 11.9 Å². The van der Waals surface area contributed by atoms with E-state index in [-0.39, 0.29) is 0 Å². The van der Waals surface area contributed by atoms with Crippen LogP contribution in [0.4, 0.5) is 0 Å². The van der Waals surface area contributed by atoms with Gasteiger partial charge < -0.3 is 8.98 Å². The van der Waals surface area contributed by atoms with E-state index in [1.165, 1.54) is 10.8 Å². The fourth-order valence-electron chi connectivity index (χ4n) is 9.20. The predicted molar refractivity (Wildman–Crippen MR) is 236 cm³/mol. The van der Waals surface area contributed by atoms with Crippen LogP contribution in [0.5, 0.6) is 0 Å². The summed E-state index contributed by atoms with van der Waals surface area (Å²) in [5.41, 5.74) is 9.91. The second-order valence-corrected chi connectivity index (χ2v) is 14.9. The molecule has 0 atom stereocenters. The third-order valence-corrected chi connectivity index (χ3v) is 11.7. The molecule has 0 bridgehead atoms. The van der Waals surface area contributed by atoms with Crippen LogP contribution in [0.15, 0.2) is 186 Å². The van der Waals surface area contributed by atoms with Gasteiger partial charge in [0.25, 0.3) is 0 Å². The molecule has 13 aromatic rings. The first-order valence-electron chi connectivity index (χ1n) is 19.5. The van der Waals surface area contributed by atoms with Crippen molar-refractivity contribution in [3.8, 4) is 29.0 Å². The maximum atomic E-state index is 6.72. The van der Waals surface area contributed by atoms with E-state index < -0.39 is 0 Å². The predicted octanol–water partition coefficient (Wildman–Crippen LogP) is 12.7. The van der Waals surface area contributed by atoms with Gasteiger partial charge in [-0.25, -0.2) is 0 Å². The molecule has 0 radical (unpaired) electrons. The van der Waals surface area contributed by atoms with Crippen molar-refractivity contribution in [2.24, 2.45) is 0 Å². The molecule has 270 valence electrons. The molecule has 0 amide bonds. The lowest BCUT2D eigenvalue weighted by molar-refractivity contribution is 0.668. The molecule has 7 nitrogen and oxygen atoms in total. The zero-order chi connectivity index (χ0) is 37.9. The van der Waals surface area contributed by atoms with E-state index in [1.807, 2.05) is 0 Å². The zero-order valence-electron chi connectivity index (χ0n) is 30.9. The fraction of sp³-hybridized carbons (Fsp3) is 0. The number of nitrogens with zero attached hydrogens (tertiary/aromatic N) is 6. The van der Waals surface area contributed by atoms with Crippen LogP contribution in [0.3, 0.4) is 0 Å². The minimum Gasteiger partial charge on any atom is -0.456 e. The smallest absolute Gasteiger partial charge is 0.240 e. The summed E-state index contributed by atoms with van der Waals surface area (Å²) < 4.78 is 13.3. The highest BCUT2D eigenvalue weighted by molar-refractivity contribution is 6.12. The number of para-hydroxylation sites is 6. The molecule has 58 heavy (non-hydrogen) atoms. The highest BCUT2D eigenvalue weighted by atomic mass is 16.3. The minimum atomic E-state index is 0.541. The molecule has 0 fully saturated rings. The number of benzene rings is 8. The average Bonchev–Trinajstić information content (AvgIpc) is 4.02. The molecule has 8 aromatic carbocycles. The van der Waals surface area contributed by atoms with Crippen molar-refractivity contribution >= 4 is 87.4 Å². The van der Waals surface area contributed by atoms with Crippen molar-refractivity contribution in [2.45, 2.75) is 0 Å². The normalized spacial score (nSPS) is 12.1. The Balaban J connectivity index is 1.04. The second-order valence-electron chi connectivity index (χ2n) is 14.9. The third-order valence-electron chi connectivity index (χ3n) is 11.7. The van der Waals surface area contributed by atoms with E-state index in [9.17, 15) is 0 Å². The van der Waals surface area contributed by atoms with Gasteiger partial charge in [-0.15, -0.1) is 0 Å².